The number of amides is 1. The van der Waals surface area contributed by atoms with Crippen molar-refractivity contribution < 1.29 is 14.3 Å². The lowest BCUT2D eigenvalue weighted by molar-refractivity contribution is 0.0870. The number of benzene rings is 1. The summed E-state index contributed by atoms with van der Waals surface area (Å²) in [6.45, 7) is 3.80. The summed E-state index contributed by atoms with van der Waals surface area (Å²) in [4.78, 5) is 25.2. The number of nitrogens with one attached hydrogen (secondary N) is 1. The Morgan fingerprint density at radius 1 is 1.25 bits per heavy atom. The van der Waals surface area contributed by atoms with Crippen LogP contribution in [-0.2, 0) is 4.74 Å². The van der Waals surface area contributed by atoms with Crippen molar-refractivity contribution in [1.29, 1.82) is 0 Å². The number of methoxy groups -OCH3 is 1. The van der Waals surface area contributed by atoms with Crippen LogP contribution in [0, 0.1) is 11.8 Å². The molecule has 148 valence electrons. The van der Waals surface area contributed by atoms with Crippen LogP contribution >= 0.6 is 0 Å². The molecular weight excluding hydrogens is 354 g/mol. The van der Waals surface area contributed by atoms with Gasteiger partial charge >= 0.3 is 0 Å². The molecule has 1 amide bonds. The fourth-order valence-corrected chi connectivity index (χ4v) is 4.47. The monoisotopic (exact) mass is 381 g/mol. The van der Waals surface area contributed by atoms with E-state index in [1.165, 1.54) is 0 Å². The van der Waals surface area contributed by atoms with Gasteiger partial charge in [0.15, 0.2) is 5.78 Å². The van der Waals surface area contributed by atoms with Gasteiger partial charge in [0.1, 0.15) is 11.4 Å². The third-order valence-electron chi connectivity index (χ3n) is 6.26. The van der Waals surface area contributed by atoms with Gasteiger partial charge in [-0.2, -0.15) is 5.10 Å². The first-order valence-electron chi connectivity index (χ1n) is 10.0. The number of fused-ring (bicyclic) bond motifs is 1. The summed E-state index contributed by atoms with van der Waals surface area (Å²) in [5.74, 6) is 0.806. The summed E-state index contributed by atoms with van der Waals surface area (Å²) < 4.78 is 7.11. The SMILES string of the molecule is CCC(=O)c1cc(C(=O)NC2[C@H]3CC(OC)C[C@@H]23)n([C@@H](C)c2ccccc2)n1. The summed E-state index contributed by atoms with van der Waals surface area (Å²) in [7, 11) is 1.75. The van der Waals surface area contributed by atoms with Gasteiger partial charge in [0.25, 0.3) is 5.91 Å². The molecule has 5 atom stereocenters. The summed E-state index contributed by atoms with van der Waals surface area (Å²) in [5.41, 5.74) is 1.84. The van der Waals surface area contributed by atoms with Crippen molar-refractivity contribution in [2.45, 2.75) is 51.3 Å². The van der Waals surface area contributed by atoms with Crippen LogP contribution in [0.3, 0.4) is 0 Å². The molecule has 28 heavy (non-hydrogen) atoms. The first kappa shape index (κ1) is 18.9. The number of nitrogens with zero attached hydrogens (tertiary/aromatic N) is 2. The van der Waals surface area contributed by atoms with Crippen LogP contribution in [0.2, 0.25) is 0 Å². The third-order valence-corrected chi connectivity index (χ3v) is 6.26. The Balaban J connectivity index is 1.56. The smallest absolute Gasteiger partial charge is 0.269 e. The number of carbonyl (C=O) groups is 2. The second-order valence-electron chi connectivity index (χ2n) is 7.88. The fraction of sp³-hybridized carbons (Fsp3) is 0.500. The van der Waals surface area contributed by atoms with Crippen molar-refractivity contribution in [3.8, 4) is 0 Å². The quantitative estimate of drug-likeness (QED) is 0.748. The normalized spacial score (nSPS) is 26.5. The topological polar surface area (TPSA) is 73.2 Å². The van der Waals surface area contributed by atoms with Gasteiger partial charge < -0.3 is 10.1 Å². The molecule has 2 unspecified atom stereocenters. The average Bonchev–Trinajstić information content (AvgIpc) is 3.12. The first-order valence-corrected chi connectivity index (χ1v) is 10.0. The van der Waals surface area contributed by atoms with E-state index >= 15 is 0 Å². The number of ketones is 1. The van der Waals surface area contributed by atoms with E-state index in [0.717, 1.165) is 18.4 Å². The number of aromatic nitrogens is 2. The highest BCUT2D eigenvalue weighted by Crippen LogP contribution is 2.52. The molecule has 2 saturated carbocycles. The number of hydrogen-bond donors (Lipinski definition) is 1. The molecule has 2 aliphatic carbocycles. The summed E-state index contributed by atoms with van der Waals surface area (Å²) in [6, 6.07) is 11.6. The molecule has 4 rings (SSSR count). The van der Waals surface area contributed by atoms with Crippen LogP contribution < -0.4 is 5.32 Å². The highest BCUT2D eigenvalue weighted by atomic mass is 16.5. The van der Waals surface area contributed by atoms with Gasteiger partial charge in [0.2, 0.25) is 0 Å². The van der Waals surface area contributed by atoms with E-state index < -0.39 is 0 Å². The number of rotatable bonds is 7. The van der Waals surface area contributed by atoms with E-state index in [0.29, 0.717) is 35.7 Å². The molecule has 0 aliphatic heterocycles. The zero-order chi connectivity index (χ0) is 19.8. The van der Waals surface area contributed by atoms with E-state index in [2.05, 4.69) is 10.4 Å². The van der Waals surface area contributed by atoms with E-state index in [9.17, 15) is 9.59 Å². The van der Waals surface area contributed by atoms with Crippen molar-refractivity contribution in [2.24, 2.45) is 11.8 Å². The minimum Gasteiger partial charge on any atom is -0.381 e. The largest absolute Gasteiger partial charge is 0.381 e. The molecule has 1 heterocycles. The molecule has 2 fully saturated rings. The van der Waals surface area contributed by atoms with Gasteiger partial charge in [-0.1, -0.05) is 37.3 Å². The molecule has 0 saturated heterocycles. The highest BCUT2D eigenvalue weighted by molar-refractivity contribution is 5.99. The van der Waals surface area contributed by atoms with E-state index in [4.69, 9.17) is 4.74 Å². The molecule has 0 spiro atoms. The van der Waals surface area contributed by atoms with Crippen molar-refractivity contribution in [3.05, 3.63) is 53.3 Å². The fourth-order valence-electron chi connectivity index (χ4n) is 4.47. The van der Waals surface area contributed by atoms with Crippen molar-refractivity contribution >= 4 is 11.7 Å². The number of Topliss-reactive ketones (excluding diaryl/α,β-unsaturated/α-hetero) is 1. The molecule has 1 aromatic carbocycles. The van der Waals surface area contributed by atoms with E-state index in [1.807, 2.05) is 37.3 Å². The predicted molar refractivity (Wildman–Crippen MR) is 105 cm³/mol. The maximum absolute atomic E-state index is 13.0. The Morgan fingerprint density at radius 3 is 2.54 bits per heavy atom. The molecule has 1 aromatic heterocycles. The van der Waals surface area contributed by atoms with Gasteiger partial charge in [-0.15, -0.1) is 0 Å². The van der Waals surface area contributed by atoms with Crippen LogP contribution in [0.1, 0.15) is 65.7 Å². The first-order chi connectivity index (χ1) is 13.5. The minimum atomic E-state index is -0.154. The van der Waals surface area contributed by atoms with Crippen molar-refractivity contribution in [1.82, 2.24) is 15.1 Å². The molecule has 0 bridgehead atoms. The van der Waals surface area contributed by atoms with Crippen LogP contribution in [0.25, 0.3) is 0 Å². The summed E-state index contributed by atoms with van der Waals surface area (Å²) >= 11 is 0. The Hall–Kier alpha value is -2.47. The van der Waals surface area contributed by atoms with Gasteiger partial charge in [-0.25, -0.2) is 0 Å². The third kappa shape index (κ3) is 3.37. The maximum atomic E-state index is 13.0. The lowest BCUT2D eigenvalue weighted by atomic mass is 10.1. The standard InChI is InChI=1S/C22H27N3O3/c1-4-20(26)18-12-19(25(24-18)13(2)14-8-6-5-7-9-14)22(27)23-21-16-10-15(28-3)11-17(16)21/h5-9,12-13,15-17,21H,4,10-11H2,1-3H3,(H,23,27)/t13-,15?,16-,17+,21?/m0/s1. The second kappa shape index (κ2) is 7.51. The second-order valence-corrected chi connectivity index (χ2v) is 7.88. The summed E-state index contributed by atoms with van der Waals surface area (Å²) in [6.07, 6.45) is 2.69. The highest BCUT2D eigenvalue weighted by Gasteiger charge is 2.57. The molecule has 2 aliphatic rings. The predicted octanol–water partition coefficient (Wildman–Crippen LogP) is 3.24. The zero-order valence-electron chi connectivity index (χ0n) is 16.6. The molecule has 6 nitrogen and oxygen atoms in total. The number of ether oxygens (including phenoxy) is 1. The van der Waals surface area contributed by atoms with Gasteiger partial charge in [-0.3, -0.25) is 14.3 Å². The van der Waals surface area contributed by atoms with Crippen molar-refractivity contribution in [2.75, 3.05) is 7.11 Å². The van der Waals surface area contributed by atoms with Crippen molar-refractivity contribution in [3.63, 3.8) is 0 Å². The lowest BCUT2D eigenvalue weighted by Gasteiger charge is -2.17. The molecule has 0 radical (unpaired) electrons. The lowest BCUT2D eigenvalue weighted by Crippen LogP contribution is -2.32. The Bertz CT molecular complexity index is 864. The van der Waals surface area contributed by atoms with E-state index in [-0.39, 0.29) is 23.8 Å². The zero-order valence-corrected chi connectivity index (χ0v) is 16.6. The number of hydrogen-bond acceptors (Lipinski definition) is 4. The average molecular weight is 381 g/mol. The van der Waals surface area contributed by atoms with Crippen LogP contribution in [0.4, 0.5) is 0 Å². The Labute approximate surface area is 165 Å². The molecular formula is C22H27N3O3. The van der Waals surface area contributed by atoms with Crippen LogP contribution in [-0.4, -0.2) is 40.7 Å². The number of carbonyl (C=O) groups excluding carboxylic acids is 2. The van der Waals surface area contributed by atoms with Gasteiger partial charge in [-0.05, 0) is 37.2 Å². The minimum absolute atomic E-state index is 0.0562. The molecule has 1 N–H and O–H groups in total. The molecule has 2 aromatic rings. The van der Waals surface area contributed by atoms with E-state index in [1.54, 1.807) is 24.8 Å². The van der Waals surface area contributed by atoms with Gasteiger partial charge in [0, 0.05) is 25.6 Å². The Morgan fingerprint density at radius 2 is 1.93 bits per heavy atom. The van der Waals surface area contributed by atoms with Crippen LogP contribution in [0.15, 0.2) is 36.4 Å². The summed E-state index contributed by atoms with van der Waals surface area (Å²) in [5, 5.41) is 7.66. The Kier molecular flexibility index (Phi) is 5.06. The van der Waals surface area contributed by atoms with Crippen LogP contribution in [0.5, 0.6) is 0 Å². The molecule has 6 heteroatoms. The maximum Gasteiger partial charge on any atom is 0.269 e. The van der Waals surface area contributed by atoms with Gasteiger partial charge in [0.05, 0.1) is 12.1 Å².